The maximum absolute atomic E-state index is 13.6. The van der Waals surface area contributed by atoms with Crippen LogP contribution in [0.2, 0.25) is 0 Å². The van der Waals surface area contributed by atoms with Gasteiger partial charge in [0.2, 0.25) is 5.91 Å². The molecule has 3 rings (SSSR count). The van der Waals surface area contributed by atoms with Gasteiger partial charge in [0.25, 0.3) is 5.91 Å². The van der Waals surface area contributed by atoms with Crippen molar-refractivity contribution in [1.29, 1.82) is 0 Å². The van der Waals surface area contributed by atoms with Gasteiger partial charge >= 0.3 is 0 Å². The zero-order valence-electron chi connectivity index (χ0n) is 11.8. The number of anilines is 2. The van der Waals surface area contributed by atoms with E-state index in [4.69, 9.17) is 0 Å². The van der Waals surface area contributed by atoms with Gasteiger partial charge in [0.1, 0.15) is 5.82 Å². The van der Waals surface area contributed by atoms with E-state index in [1.165, 1.54) is 18.2 Å². The summed E-state index contributed by atoms with van der Waals surface area (Å²) >= 11 is 0. The molecule has 1 saturated carbocycles. The number of rotatable bonds is 4. The Morgan fingerprint density at radius 1 is 0.955 bits per heavy atom. The van der Waals surface area contributed by atoms with Crippen LogP contribution in [0.25, 0.3) is 0 Å². The van der Waals surface area contributed by atoms with Gasteiger partial charge in [-0.15, -0.1) is 0 Å². The number of nitrogens with one attached hydrogen (secondary N) is 2. The lowest BCUT2D eigenvalue weighted by Crippen LogP contribution is -2.15. The summed E-state index contributed by atoms with van der Waals surface area (Å²) < 4.78 is 13.6. The second-order valence-electron chi connectivity index (χ2n) is 5.28. The first kappa shape index (κ1) is 14.3. The van der Waals surface area contributed by atoms with Crippen LogP contribution in [0.4, 0.5) is 15.8 Å². The first-order chi connectivity index (χ1) is 10.6. The zero-order valence-corrected chi connectivity index (χ0v) is 11.8. The number of benzene rings is 2. The summed E-state index contributed by atoms with van der Waals surface area (Å²) in [4.78, 5) is 23.8. The van der Waals surface area contributed by atoms with Crippen LogP contribution < -0.4 is 10.6 Å². The summed E-state index contributed by atoms with van der Waals surface area (Å²) in [6.07, 6.45) is 1.85. The molecule has 1 aliphatic carbocycles. The zero-order chi connectivity index (χ0) is 15.5. The fourth-order valence-corrected chi connectivity index (χ4v) is 2.11. The molecule has 0 bridgehead atoms. The van der Waals surface area contributed by atoms with E-state index in [-0.39, 0.29) is 17.4 Å². The maximum atomic E-state index is 13.6. The van der Waals surface area contributed by atoms with E-state index >= 15 is 0 Å². The Balaban J connectivity index is 1.71. The van der Waals surface area contributed by atoms with Crippen molar-refractivity contribution >= 4 is 23.2 Å². The molecule has 0 unspecified atom stereocenters. The van der Waals surface area contributed by atoms with Crippen molar-refractivity contribution in [2.24, 2.45) is 5.92 Å². The van der Waals surface area contributed by atoms with Gasteiger partial charge in [0.05, 0.1) is 5.56 Å². The third kappa shape index (κ3) is 3.31. The Morgan fingerprint density at radius 3 is 2.32 bits per heavy atom. The molecule has 4 nitrogen and oxygen atoms in total. The van der Waals surface area contributed by atoms with Gasteiger partial charge in [-0.2, -0.15) is 0 Å². The number of amides is 2. The summed E-state index contributed by atoms with van der Waals surface area (Å²) in [7, 11) is 0. The topological polar surface area (TPSA) is 58.2 Å². The van der Waals surface area contributed by atoms with E-state index in [0.717, 1.165) is 12.8 Å². The quantitative estimate of drug-likeness (QED) is 0.908. The highest BCUT2D eigenvalue weighted by Crippen LogP contribution is 2.30. The molecule has 112 valence electrons. The van der Waals surface area contributed by atoms with Gasteiger partial charge in [0.15, 0.2) is 0 Å². The second kappa shape index (κ2) is 5.97. The number of hydrogen-bond donors (Lipinski definition) is 2. The summed E-state index contributed by atoms with van der Waals surface area (Å²) in [6.45, 7) is 0. The van der Waals surface area contributed by atoms with Crippen molar-refractivity contribution in [2.75, 3.05) is 10.6 Å². The van der Waals surface area contributed by atoms with E-state index in [1.807, 2.05) is 0 Å². The molecule has 2 aromatic rings. The van der Waals surface area contributed by atoms with Crippen LogP contribution in [0, 0.1) is 11.7 Å². The van der Waals surface area contributed by atoms with Gasteiger partial charge in [-0.05, 0) is 43.2 Å². The minimum absolute atomic E-state index is 0.00224. The van der Waals surface area contributed by atoms with Gasteiger partial charge in [-0.25, -0.2) is 4.39 Å². The highest BCUT2D eigenvalue weighted by molar-refractivity contribution is 6.05. The van der Waals surface area contributed by atoms with Gasteiger partial charge in [-0.1, -0.05) is 18.2 Å². The molecule has 5 heteroatoms. The van der Waals surface area contributed by atoms with Crippen molar-refractivity contribution in [1.82, 2.24) is 0 Å². The maximum Gasteiger partial charge on any atom is 0.258 e. The molecule has 2 aromatic carbocycles. The highest BCUT2D eigenvalue weighted by atomic mass is 19.1. The van der Waals surface area contributed by atoms with Crippen molar-refractivity contribution in [2.45, 2.75) is 12.8 Å². The average Bonchev–Trinajstić information content (AvgIpc) is 3.32. The molecule has 0 atom stereocenters. The number of carbonyl (C=O) groups excluding carboxylic acids is 2. The highest BCUT2D eigenvalue weighted by Gasteiger charge is 2.29. The molecule has 0 heterocycles. The summed E-state index contributed by atoms with van der Waals surface area (Å²) in [5.41, 5.74) is 1.10. The van der Waals surface area contributed by atoms with Crippen LogP contribution in [-0.2, 0) is 4.79 Å². The van der Waals surface area contributed by atoms with Gasteiger partial charge < -0.3 is 10.6 Å². The van der Waals surface area contributed by atoms with E-state index in [1.54, 1.807) is 30.3 Å². The second-order valence-corrected chi connectivity index (χ2v) is 5.28. The van der Waals surface area contributed by atoms with Gasteiger partial charge in [-0.3, -0.25) is 9.59 Å². The van der Waals surface area contributed by atoms with Crippen LogP contribution in [0.3, 0.4) is 0 Å². The minimum Gasteiger partial charge on any atom is -0.326 e. The van der Waals surface area contributed by atoms with Crippen LogP contribution in [0.15, 0.2) is 48.5 Å². The van der Waals surface area contributed by atoms with E-state index in [0.29, 0.717) is 11.4 Å². The van der Waals surface area contributed by atoms with E-state index in [2.05, 4.69) is 10.6 Å². The number of hydrogen-bond acceptors (Lipinski definition) is 2. The molecular formula is C17H15FN2O2. The minimum atomic E-state index is -0.571. The monoisotopic (exact) mass is 298 g/mol. The largest absolute Gasteiger partial charge is 0.326 e. The fourth-order valence-electron chi connectivity index (χ4n) is 2.11. The fraction of sp³-hybridized carbons (Fsp3) is 0.176. The van der Waals surface area contributed by atoms with Crippen molar-refractivity contribution < 1.29 is 14.0 Å². The normalized spacial score (nSPS) is 13.5. The first-order valence-corrected chi connectivity index (χ1v) is 7.10. The molecule has 1 aliphatic rings. The predicted octanol–water partition coefficient (Wildman–Crippen LogP) is 3.43. The molecule has 0 aliphatic heterocycles. The van der Waals surface area contributed by atoms with Crippen molar-refractivity contribution in [3.05, 3.63) is 59.9 Å². The SMILES string of the molecule is O=C(Nc1cccc(NC(=O)C2CC2)c1)c1ccccc1F. The Labute approximate surface area is 127 Å². The molecule has 22 heavy (non-hydrogen) atoms. The third-order valence-corrected chi connectivity index (χ3v) is 3.45. The standard InChI is InChI=1S/C17H15FN2O2/c18-15-7-2-1-6-14(15)17(22)20-13-5-3-4-12(10-13)19-16(21)11-8-9-11/h1-7,10-11H,8-9H2,(H,19,21)(H,20,22). The molecule has 0 aromatic heterocycles. The van der Waals surface area contributed by atoms with Crippen molar-refractivity contribution in [3.8, 4) is 0 Å². The summed E-state index contributed by atoms with van der Waals surface area (Å²) in [6, 6.07) is 12.6. The van der Waals surface area contributed by atoms with Crippen LogP contribution in [0.5, 0.6) is 0 Å². The molecule has 0 radical (unpaired) electrons. The average molecular weight is 298 g/mol. The van der Waals surface area contributed by atoms with Crippen LogP contribution in [0.1, 0.15) is 23.2 Å². The summed E-state index contributed by atoms with van der Waals surface area (Å²) in [5, 5.41) is 5.43. The smallest absolute Gasteiger partial charge is 0.258 e. The molecule has 0 saturated heterocycles. The lowest BCUT2D eigenvalue weighted by atomic mass is 10.2. The first-order valence-electron chi connectivity index (χ1n) is 7.10. The predicted molar refractivity (Wildman–Crippen MR) is 82.1 cm³/mol. The Kier molecular flexibility index (Phi) is 3.87. The van der Waals surface area contributed by atoms with E-state index in [9.17, 15) is 14.0 Å². The lowest BCUT2D eigenvalue weighted by Gasteiger charge is -2.09. The Hall–Kier alpha value is -2.69. The van der Waals surface area contributed by atoms with Crippen molar-refractivity contribution in [3.63, 3.8) is 0 Å². The van der Waals surface area contributed by atoms with Crippen LogP contribution >= 0.6 is 0 Å². The molecule has 1 fully saturated rings. The summed E-state index contributed by atoms with van der Waals surface area (Å²) in [5.74, 6) is -0.990. The van der Waals surface area contributed by atoms with E-state index < -0.39 is 11.7 Å². The van der Waals surface area contributed by atoms with Crippen LogP contribution in [-0.4, -0.2) is 11.8 Å². The third-order valence-electron chi connectivity index (χ3n) is 3.45. The molecule has 0 spiro atoms. The molecule has 2 N–H and O–H groups in total. The Morgan fingerprint density at radius 2 is 1.64 bits per heavy atom. The molecular weight excluding hydrogens is 283 g/mol. The lowest BCUT2D eigenvalue weighted by molar-refractivity contribution is -0.117. The Bertz CT molecular complexity index is 726. The number of halogens is 1. The number of carbonyl (C=O) groups is 2. The van der Waals surface area contributed by atoms with Gasteiger partial charge in [0, 0.05) is 17.3 Å². The molecule has 2 amide bonds.